The Morgan fingerprint density at radius 3 is 2.53 bits per heavy atom. The van der Waals surface area contributed by atoms with Crippen molar-refractivity contribution in [2.45, 2.75) is 18.9 Å². The van der Waals surface area contributed by atoms with Gasteiger partial charge >= 0.3 is 5.69 Å². The molecule has 2 aliphatic rings. The second-order valence-corrected chi connectivity index (χ2v) is 7.54. The molecule has 10 heteroatoms. The first kappa shape index (κ1) is 20.3. The number of halogens is 1. The van der Waals surface area contributed by atoms with E-state index in [1.54, 1.807) is 18.2 Å². The van der Waals surface area contributed by atoms with Crippen molar-refractivity contribution in [3.05, 3.63) is 46.3 Å². The number of pyridine rings is 1. The van der Waals surface area contributed by atoms with Gasteiger partial charge in [0.15, 0.2) is 0 Å². The van der Waals surface area contributed by atoms with Crippen LogP contribution in [0.4, 0.5) is 33.1 Å². The Bertz CT molecular complexity index is 913. The SMILES string of the molecule is O=[N+]([O-])c1ccc(N2CCC(O)CC2)nc1Nc1ccc(N2CCNCC2)c(F)c1. The van der Waals surface area contributed by atoms with E-state index in [1.807, 2.05) is 9.80 Å². The average molecular weight is 416 g/mol. The van der Waals surface area contributed by atoms with E-state index in [1.165, 1.54) is 12.1 Å². The fourth-order valence-corrected chi connectivity index (χ4v) is 3.84. The smallest absolute Gasteiger partial charge is 0.311 e. The molecule has 0 saturated carbocycles. The van der Waals surface area contributed by atoms with Crippen molar-refractivity contribution in [3.8, 4) is 0 Å². The molecule has 0 amide bonds. The van der Waals surface area contributed by atoms with Crippen molar-refractivity contribution >= 4 is 28.7 Å². The number of rotatable bonds is 5. The molecule has 30 heavy (non-hydrogen) atoms. The molecule has 2 fully saturated rings. The van der Waals surface area contributed by atoms with E-state index in [2.05, 4.69) is 15.6 Å². The molecule has 3 N–H and O–H groups in total. The molecular formula is C20H25FN6O3. The highest BCUT2D eigenvalue weighted by molar-refractivity contribution is 5.69. The Hall–Kier alpha value is -2.98. The molecule has 1 aromatic heterocycles. The average Bonchev–Trinajstić information content (AvgIpc) is 2.75. The maximum absolute atomic E-state index is 14.7. The van der Waals surface area contributed by atoms with Gasteiger partial charge in [-0.05, 0) is 37.1 Å². The van der Waals surface area contributed by atoms with Crippen LogP contribution in [0.25, 0.3) is 0 Å². The van der Waals surface area contributed by atoms with Crippen molar-refractivity contribution in [1.82, 2.24) is 10.3 Å². The molecule has 0 radical (unpaired) electrons. The van der Waals surface area contributed by atoms with E-state index < -0.39 is 4.92 Å². The third-order valence-electron chi connectivity index (χ3n) is 5.51. The number of nitrogens with one attached hydrogen (secondary N) is 2. The summed E-state index contributed by atoms with van der Waals surface area (Å²) < 4.78 is 14.7. The maximum atomic E-state index is 14.7. The Labute approximate surface area is 173 Å². The van der Waals surface area contributed by atoms with E-state index >= 15 is 0 Å². The highest BCUT2D eigenvalue weighted by atomic mass is 19.1. The van der Waals surface area contributed by atoms with Crippen LogP contribution in [0.1, 0.15) is 12.8 Å². The van der Waals surface area contributed by atoms with Gasteiger partial charge in [0.05, 0.1) is 16.7 Å². The number of aliphatic hydroxyl groups is 1. The van der Waals surface area contributed by atoms with Crippen LogP contribution in [0, 0.1) is 15.9 Å². The van der Waals surface area contributed by atoms with Crippen molar-refractivity contribution < 1.29 is 14.4 Å². The molecule has 2 aromatic rings. The van der Waals surface area contributed by atoms with Crippen LogP contribution < -0.4 is 20.4 Å². The third-order valence-corrected chi connectivity index (χ3v) is 5.51. The number of hydrogen-bond donors (Lipinski definition) is 3. The third kappa shape index (κ3) is 4.44. The number of aliphatic hydroxyl groups excluding tert-OH is 1. The molecule has 160 valence electrons. The summed E-state index contributed by atoms with van der Waals surface area (Å²) in [5, 5.41) is 27.3. The summed E-state index contributed by atoms with van der Waals surface area (Å²) in [6, 6.07) is 7.74. The van der Waals surface area contributed by atoms with Gasteiger partial charge in [0.2, 0.25) is 5.82 Å². The second-order valence-electron chi connectivity index (χ2n) is 7.54. The van der Waals surface area contributed by atoms with Gasteiger partial charge in [0, 0.05) is 51.0 Å². The zero-order valence-corrected chi connectivity index (χ0v) is 16.6. The van der Waals surface area contributed by atoms with Gasteiger partial charge in [-0.2, -0.15) is 0 Å². The Morgan fingerprint density at radius 1 is 1.13 bits per heavy atom. The highest BCUT2D eigenvalue weighted by Crippen LogP contribution is 2.31. The van der Waals surface area contributed by atoms with Gasteiger partial charge in [-0.3, -0.25) is 10.1 Å². The minimum absolute atomic E-state index is 0.0675. The molecule has 3 heterocycles. The summed E-state index contributed by atoms with van der Waals surface area (Å²) in [5.41, 5.74) is 0.737. The first-order chi connectivity index (χ1) is 14.5. The molecule has 9 nitrogen and oxygen atoms in total. The predicted octanol–water partition coefficient (Wildman–Crippen LogP) is 2.24. The predicted molar refractivity (Wildman–Crippen MR) is 113 cm³/mol. The lowest BCUT2D eigenvalue weighted by atomic mass is 10.1. The number of nitrogens with zero attached hydrogens (tertiary/aromatic N) is 4. The summed E-state index contributed by atoms with van der Waals surface area (Å²) in [6.07, 6.45) is 0.925. The van der Waals surface area contributed by atoms with E-state index in [9.17, 15) is 19.6 Å². The normalized spacial score (nSPS) is 17.8. The number of hydrogen-bond acceptors (Lipinski definition) is 8. The molecule has 0 unspecified atom stereocenters. The fourth-order valence-electron chi connectivity index (χ4n) is 3.84. The first-order valence-electron chi connectivity index (χ1n) is 10.1. The van der Waals surface area contributed by atoms with Gasteiger partial charge in [-0.1, -0.05) is 0 Å². The van der Waals surface area contributed by atoms with E-state index in [0.29, 0.717) is 43.1 Å². The molecule has 0 atom stereocenters. The zero-order chi connectivity index (χ0) is 21.1. The summed E-state index contributed by atoms with van der Waals surface area (Å²) in [7, 11) is 0. The van der Waals surface area contributed by atoms with E-state index in [-0.39, 0.29) is 23.4 Å². The van der Waals surface area contributed by atoms with E-state index in [4.69, 9.17) is 0 Å². The van der Waals surface area contributed by atoms with Crippen LogP contribution in [-0.4, -0.2) is 60.4 Å². The molecule has 0 bridgehead atoms. The molecule has 0 aliphatic carbocycles. The van der Waals surface area contributed by atoms with Gasteiger partial charge in [-0.15, -0.1) is 0 Å². The first-order valence-corrected chi connectivity index (χ1v) is 10.1. The number of nitro groups is 1. The van der Waals surface area contributed by atoms with Crippen molar-refractivity contribution in [2.75, 3.05) is 54.4 Å². The zero-order valence-electron chi connectivity index (χ0n) is 16.6. The lowest BCUT2D eigenvalue weighted by Crippen LogP contribution is -2.43. The van der Waals surface area contributed by atoms with Crippen LogP contribution in [0.5, 0.6) is 0 Å². The second kappa shape index (κ2) is 8.80. The number of aromatic nitrogens is 1. The van der Waals surface area contributed by atoms with Crippen molar-refractivity contribution in [1.29, 1.82) is 0 Å². The Balaban J connectivity index is 1.57. The monoisotopic (exact) mass is 416 g/mol. The quantitative estimate of drug-likeness (QED) is 0.503. The molecule has 0 spiro atoms. The number of piperazine rings is 1. The van der Waals surface area contributed by atoms with Crippen molar-refractivity contribution in [3.63, 3.8) is 0 Å². The van der Waals surface area contributed by atoms with Crippen LogP contribution in [0.15, 0.2) is 30.3 Å². The molecular weight excluding hydrogens is 391 g/mol. The summed E-state index contributed by atoms with van der Waals surface area (Å²) in [4.78, 5) is 19.3. The largest absolute Gasteiger partial charge is 0.393 e. The molecule has 2 saturated heterocycles. The molecule has 4 rings (SSSR count). The lowest BCUT2D eigenvalue weighted by molar-refractivity contribution is -0.384. The minimum atomic E-state index is -0.509. The van der Waals surface area contributed by atoms with Crippen LogP contribution in [0.2, 0.25) is 0 Å². The standard InChI is InChI=1S/C20H25FN6O3/c21-16-13-14(1-2-17(16)25-11-7-22-8-12-25)23-20-18(27(29)30)3-4-19(24-20)26-9-5-15(28)6-10-26/h1-4,13,15,22,28H,5-12H2,(H,23,24). The summed E-state index contributed by atoms with van der Waals surface area (Å²) in [6.45, 7) is 4.30. The van der Waals surface area contributed by atoms with Gasteiger partial charge in [0.25, 0.3) is 0 Å². The van der Waals surface area contributed by atoms with Crippen molar-refractivity contribution in [2.24, 2.45) is 0 Å². The summed E-state index contributed by atoms with van der Waals surface area (Å²) >= 11 is 0. The fraction of sp³-hybridized carbons (Fsp3) is 0.450. The minimum Gasteiger partial charge on any atom is -0.393 e. The van der Waals surface area contributed by atoms with Crippen LogP contribution in [0.3, 0.4) is 0 Å². The molecule has 2 aliphatic heterocycles. The Kier molecular flexibility index (Phi) is 5.96. The number of benzene rings is 1. The van der Waals surface area contributed by atoms with Crippen LogP contribution in [-0.2, 0) is 0 Å². The van der Waals surface area contributed by atoms with Gasteiger partial charge in [0.1, 0.15) is 11.6 Å². The highest BCUT2D eigenvalue weighted by Gasteiger charge is 2.23. The van der Waals surface area contributed by atoms with E-state index in [0.717, 1.165) is 26.2 Å². The number of anilines is 4. The lowest BCUT2D eigenvalue weighted by Gasteiger charge is -2.30. The van der Waals surface area contributed by atoms with Gasteiger partial charge < -0.3 is 25.5 Å². The summed E-state index contributed by atoms with van der Waals surface area (Å²) in [5.74, 6) is 0.275. The van der Waals surface area contributed by atoms with Crippen LogP contribution >= 0.6 is 0 Å². The van der Waals surface area contributed by atoms with Gasteiger partial charge in [-0.25, -0.2) is 9.37 Å². The number of piperidine rings is 1. The molecule has 1 aromatic carbocycles. The maximum Gasteiger partial charge on any atom is 0.311 e. The topological polar surface area (TPSA) is 107 Å². The Morgan fingerprint density at radius 2 is 1.87 bits per heavy atom.